The molecular weight excluding hydrogens is 208 g/mol. The maximum Gasteiger partial charge on any atom is 0.153 e. The zero-order valence-corrected chi connectivity index (χ0v) is 7.28. The Kier molecular flexibility index (Phi) is 2.79. The number of rotatable bonds is 2. The minimum atomic E-state index is -1.01. The number of carbonyl (C=O) groups is 1. The van der Waals surface area contributed by atoms with Crippen LogP contribution in [0.2, 0.25) is 0 Å². The highest BCUT2D eigenvalue weighted by Crippen LogP contribution is 2.16. The molecule has 58 valence electrons. The molecule has 0 aromatic heterocycles. The summed E-state index contributed by atoms with van der Waals surface area (Å²) in [7, 11) is 0. The average Bonchev–Trinajstić information content (AvgIpc) is 2.03. The van der Waals surface area contributed by atoms with Crippen molar-refractivity contribution in [3.05, 3.63) is 34.3 Å². The van der Waals surface area contributed by atoms with E-state index in [9.17, 15) is 4.79 Å². The van der Waals surface area contributed by atoms with Crippen molar-refractivity contribution in [3.8, 4) is 0 Å². The lowest BCUT2D eigenvalue weighted by Gasteiger charge is -2.01. The number of aldehydes is 1. The van der Waals surface area contributed by atoms with Gasteiger partial charge in [-0.3, -0.25) is 0 Å². The van der Waals surface area contributed by atoms with E-state index in [-0.39, 0.29) is 0 Å². The predicted octanol–water partition coefficient (Wildman–Crippen LogP) is 1.68. The number of aliphatic hydroxyl groups is 1. The van der Waals surface area contributed by atoms with Crippen molar-refractivity contribution >= 4 is 22.2 Å². The number of hydrogen-bond acceptors (Lipinski definition) is 2. The number of halogens is 1. The van der Waals surface area contributed by atoms with Gasteiger partial charge in [0.15, 0.2) is 6.29 Å². The Morgan fingerprint density at radius 3 is 2.82 bits per heavy atom. The summed E-state index contributed by atoms with van der Waals surface area (Å²) >= 11 is 3.23. The summed E-state index contributed by atoms with van der Waals surface area (Å²) < 4.78 is 0.857. The Morgan fingerprint density at radius 2 is 2.27 bits per heavy atom. The second-order valence-corrected chi connectivity index (χ2v) is 3.05. The summed E-state index contributed by atoms with van der Waals surface area (Å²) in [5.74, 6) is 0. The largest absolute Gasteiger partial charge is 0.381 e. The lowest BCUT2D eigenvalue weighted by molar-refractivity contribution is -0.115. The van der Waals surface area contributed by atoms with Crippen molar-refractivity contribution in [2.45, 2.75) is 6.10 Å². The van der Waals surface area contributed by atoms with Crippen molar-refractivity contribution in [2.24, 2.45) is 0 Å². The average molecular weight is 215 g/mol. The van der Waals surface area contributed by atoms with Crippen LogP contribution in [-0.4, -0.2) is 11.4 Å². The SMILES string of the molecule is O=CC(O)c1cccc(Br)c1. The molecule has 0 aliphatic heterocycles. The van der Waals surface area contributed by atoms with Crippen LogP contribution in [-0.2, 0) is 4.79 Å². The Labute approximate surface area is 73.0 Å². The Morgan fingerprint density at radius 1 is 1.55 bits per heavy atom. The summed E-state index contributed by atoms with van der Waals surface area (Å²) in [5, 5.41) is 9.06. The summed E-state index contributed by atoms with van der Waals surface area (Å²) in [4.78, 5) is 10.2. The standard InChI is InChI=1S/C8H7BrO2/c9-7-3-1-2-6(4-7)8(11)5-10/h1-5,8,11H. The van der Waals surface area contributed by atoms with E-state index in [0.29, 0.717) is 11.8 Å². The van der Waals surface area contributed by atoms with E-state index < -0.39 is 6.10 Å². The molecule has 0 amide bonds. The van der Waals surface area contributed by atoms with Crippen LogP contribution in [0, 0.1) is 0 Å². The van der Waals surface area contributed by atoms with Gasteiger partial charge in [0, 0.05) is 4.47 Å². The van der Waals surface area contributed by atoms with Gasteiger partial charge in [0.2, 0.25) is 0 Å². The van der Waals surface area contributed by atoms with E-state index >= 15 is 0 Å². The van der Waals surface area contributed by atoms with Crippen LogP contribution in [0.15, 0.2) is 28.7 Å². The second-order valence-electron chi connectivity index (χ2n) is 2.14. The van der Waals surface area contributed by atoms with Crippen LogP contribution in [0.4, 0.5) is 0 Å². The maximum absolute atomic E-state index is 10.2. The third-order valence-corrected chi connectivity index (χ3v) is 1.81. The van der Waals surface area contributed by atoms with Crippen molar-refractivity contribution in [2.75, 3.05) is 0 Å². The number of carbonyl (C=O) groups excluding carboxylic acids is 1. The van der Waals surface area contributed by atoms with Gasteiger partial charge < -0.3 is 9.90 Å². The van der Waals surface area contributed by atoms with Crippen LogP contribution in [0.3, 0.4) is 0 Å². The smallest absolute Gasteiger partial charge is 0.153 e. The van der Waals surface area contributed by atoms with Gasteiger partial charge in [0.25, 0.3) is 0 Å². The Bertz CT molecular complexity index is 260. The van der Waals surface area contributed by atoms with E-state index in [0.717, 1.165) is 4.47 Å². The van der Waals surface area contributed by atoms with Crippen LogP contribution >= 0.6 is 15.9 Å². The fraction of sp³-hybridized carbons (Fsp3) is 0.125. The van der Waals surface area contributed by atoms with Gasteiger partial charge in [0.1, 0.15) is 6.10 Å². The van der Waals surface area contributed by atoms with Gasteiger partial charge >= 0.3 is 0 Å². The molecule has 2 nitrogen and oxygen atoms in total. The maximum atomic E-state index is 10.2. The van der Waals surface area contributed by atoms with Gasteiger partial charge in [0.05, 0.1) is 0 Å². The molecule has 0 bridgehead atoms. The van der Waals surface area contributed by atoms with E-state index in [2.05, 4.69) is 15.9 Å². The van der Waals surface area contributed by atoms with Crippen molar-refractivity contribution in [1.29, 1.82) is 0 Å². The molecule has 1 aromatic rings. The predicted molar refractivity (Wildman–Crippen MR) is 45.2 cm³/mol. The van der Waals surface area contributed by atoms with Crippen molar-refractivity contribution < 1.29 is 9.90 Å². The van der Waals surface area contributed by atoms with Gasteiger partial charge in [-0.05, 0) is 17.7 Å². The Balaban J connectivity index is 2.95. The quantitative estimate of drug-likeness (QED) is 0.762. The molecule has 0 radical (unpaired) electrons. The normalized spacial score (nSPS) is 12.5. The van der Waals surface area contributed by atoms with E-state index in [1.54, 1.807) is 18.2 Å². The molecule has 1 atom stereocenters. The van der Waals surface area contributed by atoms with Gasteiger partial charge in [-0.2, -0.15) is 0 Å². The van der Waals surface area contributed by atoms with Gasteiger partial charge in [-0.1, -0.05) is 28.1 Å². The molecule has 0 saturated heterocycles. The molecule has 0 saturated carbocycles. The second kappa shape index (κ2) is 3.64. The van der Waals surface area contributed by atoms with Gasteiger partial charge in [-0.15, -0.1) is 0 Å². The first kappa shape index (κ1) is 8.43. The van der Waals surface area contributed by atoms with E-state index in [4.69, 9.17) is 5.11 Å². The molecule has 0 spiro atoms. The number of benzene rings is 1. The third-order valence-electron chi connectivity index (χ3n) is 1.32. The monoisotopic (exact) mass is 214 g/mol. The first-order valence-electron chi connectivity index (χ1n) is 3.13. The first-order chi connectivity index (χ1) is 5.24. The molecule has 0 aliphatic carbocycles. The molecule has 1 rings (SSSR count). The summed E-state index contributed by atoms with van der Waals surface area (Å²) in [6, 6.07) is 7.01. The van der Waals surface area contributed by atoms with Crippen LogP contribution in [0.1, 0.15) is 11.7 Å². The molecule has 11 heavy (non-hydrogen) atoms. The third kappa shape index (κ3) is 2.13. The zero-order chi connectivity index (χ0) is 8.27. The highest BCUT2D eigenvalue weighted by molar-refractivity contribution is 9.10. The zero-order valence-electron chi connectivity index (χ0n) is 5.70. The minimum Gasteiger partial charge on any atom is -0.381 e. The fourth-order valence-electron chi connectivity index (χ4n) is 0.769. The van der Waals surface area contributed by atoms with Crippen LogP contribution in [0.5, 0.6) is 0 Å². The molecule has 0 aliphatic rings. The highest BCUT2D eigenvalue weighted by Gasteiger charge is 2.03. The summed E-state index contributed by atoms with van der Waals surface area (Å²) in [6.45, 7) is 0. The number of hydrogen-bond donors (Lipinski definition) is 1. The lowest BCUT2D eigenvalue weighted by atomic mass is 10.1. The number of aliphatic hydroxyl groups excluding tert-OH is 1. The van der Waals surface area contributed by atoms with E-state index in [1.165, 1.54) is 0 Å². The summed E-state index contributed by atoms with van der Waals surface area (Å²) in [6.07, 6.45) is -0.505. The lowest BCUT2D eigenvalue weighted by Crippen LogP contribution is -1.97. The fourth-order valence-corrected chi connectivity index (χ4v) is 1.19. The summed E-state index contributed by atoms with van der Waals surface area (Å²) in [5.41, 5.74) is 0.606. The van der Waals surface area contributed by atoms with Crippen LogP contribution < -0.4 is 0 Å². The minimum absolute atomic E-state index is 0.502. The molecule has 1 unspecified atom stereocenters. The molecule has 0 heterocycles. The molecule has 1 aromatic carbocycles. The van der Waals surface area contributed by atoms with E-state index in [1.807, 2.05) is 6.07 Å². The topological polar surface area (TPSA) is 37.3 Å². The van der Waals surface area contributed by atoms with Crippen molar-refractivity contribution in [3.63, 3.8) is 0 Å². The highest BCUT2D eigenvalue weighted by atomic mass is 79.9. The Hall–Kier alpha value is -0.670. The van der Waals surface area contributed by atoms with Gasteiger partial charge in [-0.25, -0.2) is 0 Å². The molecular formula is C8H7BrO2. The molecule has 0 fully saturated rings. The van der Waals surface area contributed by atoms with Crippen LogP contribution in [0.25, 0.3) is 0 Å². The first-order valence-corrected chi connectivity index (χ1v) is 3.92. The molecule has 3 heteroatoms. The molecule has 1 N–H and O–H groups in total. The van der Waals surface area contributed by atoms with Crippen molar-refractivity contribution in [1.82, 2.24) is 0 Å².